The van der Waals surface area contributed by atoms with Crippen molar-refractivity contribution in [2.24, 2.45) is 0 Å². The predicted molar refractivity (Wildman–Crippen MR) is 93.9 cm³/mol. The summed E-state index contributed by atoms with van der Waals surface area (Å²) in [5.74, 6) is 0. The second-order valence-electron chi connectivity index (χ2n) is 5.11. The lowest BCUT2D eigenvalue weighted by molar-refractivity contribution is -0.157. The van der Waals surface area contributed by atoms with Crippen LogP contribution in [0.15, 0.2) is 36.0 Å². The summed E-state index contributed by atoms with van der Waals surface area (Å²) in [7, 11) is 1.39. The van der Waals surface area contributed by atoms with Gasteiger partial charge in [-0.1, -0.05) is 36.4 Å². The van der Waals surface area contributed by atoms with Crippen LogP contribution in [0.2, 0.25) is 0 Å². The van der Waals surface area contributed by atoms with E-state index < -0.39 is 27.7 Å². The SMILES string of the molecule is COC(C)O[Si](/C=C/c1ccccc1)(OC(C)OC)OC(C)OC. The highest BCUT2D eigenvalue weighted by molar-refractivity contribution is 6.67. The summed E-state index contributed by atoms with van der Waals surface area (Å²) in [6, 6.07) is 9.83. The highest BCUT2D eigenvalue weighted by Gasteiger charge is 2.44. The van der Waals surface area contributed by atoms with Gasteiger partial charge in [0.15, 0.2) is 0 Å². The monoisotopic (exact) mass is 356 g/mol. The number of methoxy groups -OCH3 is 3. The molecular weight excluding hydrogens is 328 g/mol. The average Bonchev–Trinajstić information content (AvgIpc) is 2.60. The Morgan fingerprint density at radius 1 is 0.750 bits per heavy atom. The molecule has 7 heteroatoms. The molecule has 6 nitrogen and oxygen atoms in total. The molecule has 136 valence electrons. The molecule has 0 bridgehead atoms. The van der Waals surface area contributed by atoms with Crippen LogP contribution in [0.3, 0.4) is 0 Å². The van der Waals surface area contributed by atoms with Gasteiger partial charge in [0.25, 0.3) is 0 Å². The van der Waals surface area contributed by atoms with Crippen LogP contribution in [0.4, 0.5) is 0 Å². The van der Waals surface area contributed by atoms with Gasteiger partial charge in [0.1, 0.15) is 18.9 Å². The van der Waals surface area contributed by atoms with Gasteiger partial charge in [-0.05, 0) is 32.0 Å². The standard InChI is InChI=1S/C17H28O6Si/c1-14(18-4)21-24(22-15(2)19-5,23-16(3)20-6)13-12-17-10-8-7-9-11-17/h7-16H,1-6H3/b13-12+. The molecular formula is C17H28O6Si. The first-order chi connectivity index (χ1) is 11.4. The fourth-order valence-corrected chi connectivity index (χ4v) is 4.28. The Bertz CT molecular complexity index is 450. The molecule has 0 aliphatic rings. The number of benzene rings is 1. The van der Waals surface area contributed by atoms with Gasteiger partial charge in [0.2, 0.25) is 0 Å². The lowest BCUT2D eigenvalue weighted by atomic mass is 10.2. The third-order valence-corrected chi connectivity index (χ3v) is 5.82. The predicted octanol–water partition coefficient (Wildman–Crippen LogP) is 3.20. The molecule has 0 amide bonds. The molecule has 0 aliphatic carbocycles. The summed E-state index contributed by atoms with van der Waals surface area (Å²) < 4.78 is 33.6. The van der Waals surface area contributed by atoms with E-state index in [1.165, 1.54) is 0 Å². The summed E-state index contributed by atoms with van der Waals surface area (Å²) in [5, 5.41) is 0. The van der Waals surface area contributed by atoms with Crippen molar-refractivity contribution < 1.29 is 27.5 Å². The third-order valence-electron chi connectivity index (χ3n) is 3.27. The van der Waals surface area contributed by atoms with E-state index in [9.17, 15) is 0 Å². The minimum Gasteiger partial charge on any atom is -0.357 e. The minimum atomic E-state index is -3.29. The first-order valence-corrected chi connectivity index (χ1v) is 9.61. The molecule has 3 atom stereocenters. The lowest BCUT2D eigenvalue weighted by Gasteiger charge is -2.33. The van der Waals surface area contributed by atoms with Crippen LogP contribution in [0.5, 0.6) is 0 Å². The van der Waals surface area contributed by atoms with E-state index in [1.54, 1.807) is 42.1 Å². The van der Waals surface area contributed by atoms with E-state index in [4.69, 9.17) is 27.5 Å². The van der Waals surface area contributed by atoms with Crippen LogP contribution in [-0.4, -0.2) is 49.0 Å². The molecule has 0 radical (unpaired) electrons. The number of hydrogen-bond donors (Lipinski definition) is 0. The van der Waals surface area contributed by atoms with Gasteiger partial charge in [-0.25, -0.2) is 0 Å². The Balaban J connectivity index is 3.13. The summed E-state index contributed by atoms with van der Waals surface area (Å²) in [5.41, 5.74) is 2.81. The Morgan fingerprint density at radius 2 is 1.17 bits per heavy atom. The molecule has 0 N–H and O–H groups in total. The second-order valence-corrected chi connectivity index (χ2v) is 7.36. The Morgan fingerprint density at radius 3 is 1.54 bits per heavy atom. The zero-order valence-electron chi connectivity index (χ0n) is 15.2. The Hall–Kier alpha value is -1.06. The van der Waals surface area contributed by atoms with E-state index in [0.717, 1.165) is 5.56 Å². The molecule has 24 heavy (non-hydrogen) atoms. The van der Waals surface area contributed by atoms with Crippen LogP contribution in [0.25, 0.3) is 6.08 Å². The molecule has 0 saturated carbocycles. The molecule has 0 aromatic heterocycles. The molecule has 1 rings (SSSR count). The topological polar surface area (TPSA) is 55.4 Å². The summed E-state index contributed by atoms with van der Waals surface area (Å²) in [6.07, 6.45) is 0.375. The fraction of sp³-hybridized carbons (Fsp3) is 0.529. The van der Waals surface area contributed by atoms with Crippen LogP contribution >= 0.6 is 0 Å². The second kappa shape index (κ2) is 10.7. The minimum absolute atomic E-state index is 0.509. The summed E-state index contributed by atoms with van der Waals surface area (Å²) in [6.45, 7) is 5.33. The molecule has 0 heterocycles. The quantitative estimate of drug-likeness (QED) is 0.448. The van der Waals surface area contributed by atoms with E-state index in [0.29, 0.717) is 0 Å². The van der Waals surface area contributed by atoms with Crippen LogP contribution in [0.1, 0.15) is 26.3 Å². The lowest BCUT2D eigenvalue weighted by Crippen LogP contribution is -2.51. The number of ether oxygens (including phenoxy) is 3. The maximum atomic E-state index is 5.98. The summed E-state index contributed by atoms with van der Waals surface area (Å²) >= 11 is 0. The van der Waals surface area contributed by atoms with Gasteiger partial charge in [0.05, 0.1) is 0 Å². The van der Waals surface area contributed by atoms with Crippen LogP contribution < -0.4 is 0 Å². The van der Waals surface area contributed by atoms with Crippen molar-refractivity contribution in [2.45, 2.75) is 39.6 Å². The van der Waals surface area contributed by atoms with Gasteiger partial charge >= 0.3 is 8.80 Å². The van der Waals surface area contributed by atoms with E-state index >= 15 is 0 Å². The van der Waals surface area contributed by atoms with Gasteiger partial charge in [-0.3, -0.25) is 0 Å². The van der Waals surface area contributed by atoms with Crippen molar-refractivity contribution in [2.75, 3.05) is 21.3 Å². The average molecular weight is 356 g/mol. The zero-order valence-corrected chi connectivity index (χ0v) is 16.2. The van der Waals surface area contributed by atoms with Crippen LogP contribution in [-0.2, 0) is 27.5 Å². The first-order valence-electron chi connectivity index (χ1n) is 7.80. The molecule has 1 aromatic carbocycles. The highest BCUT2D eigenvalue weighted by Crippen LogP contribution is 2.21. The number of hydrogen-bond acceptors (Lipinski definition) is 6. The van der Waals surface area contributed by atoms with Gasteiger partial charge in [-0.15, -0.1) is 0 Å². The van der Waals surface area contributed by atoms with E-state index in [2.05, 4.69) is 0 Å². The van der Waals surface area contributed by atoms with Crippen molar-refractivity contribution >= 4 is 14.9 Å². The molecule has 0 saturated heterocycles. The molecule has 0 fully saturated rings. The third kappa shape index (κ3) is 7.23. The summed E-state index contributed by atoms with van der Waals surface area (Å²) in [4.78, 5) is 0. The van der Waals surface area contributed by atoms with Crippen molar-refractivity contribution in [1.29, 1.82) is 0 Å². The molecule has 1 aromatic rings. The molecule has 3 unspecified atom stereocenters. The largest absolute Gasteiger partial charge is 0.535 e. The van der Waals surface area contributed by atoms with Crippen LogP contribution in [0, 0.1) is 0 Å². The Labute approximate surface area is 145 Å². The normalized spacial score (nSPS) is 18.2. The zero-order chi connectivity index (χ0) is 18.0. The smallest absolute Gasteiger partial charge is 0.357 e. The molecule has 0 spiro atoms. The number of rotatable bonds is 11. The first kappa shape index (κ1) is 21.0. The molecule has 0 aliphatic heterocycles. The highest BCUT2D eigenvalue weighted by atomic mass is 28.4. The van der Waals surface area contributed by atoms with E-state index in [1.807, 2.05) is 42.1 Å². The Kier molecular flexibility index (Phi) is 9.38. The van der Waals surface area contributed by atoms with E-state index in [-0.39, 0.29) is 0 Å². The van der Waals surface area contributed by atoms with Crippen molar-refractivity contribution in [1.82, 2.24) is 0 Å². The van der Waals surface area contributed by atoms with Gasteiger partial charge < -0.3 is 27.5 Å². The van der Waals surface area contributed by atoms with Gasteiger partial charge in [0, 0.05) is 21.3 Å². The maximum absolute atomic E-state index is 5.98. The van der Waals surface area contributed by atoms with Gasteiger partial charge in [-0.2, -0.15) is 0 Å². The van der Waals surface area contributed by atoms with Crippen molar-refractivity contribution in [3.05, 3.63) is 41.6 Å². The fourth-order valence-electron chi connectivity index (χ4n) is 1.80. The van der Waals surface area contributed by atoms with Crippen molar-refractivity contribution in [3.63, 3.8) is 0 Å². The van der Waals surface area contributed by atoms with Crippen molar-refractivity contribution in [3.8, 4) is 0 Å². The maximum Gasteiger partial charge on any atom is 0.535 e.